The summed E-state index contributed by atoms with van der Waals surface area (Å²) in [5.74, 6) is 0.760. The Hall–Kier alpha value is -2.75. The second kappa shape index (κ2) is 5.93. The van der Waals surface area contributed by atoms with Crippen molar-refractivity contribution in [3.63, 3.8) is 0 Å². The summed E-state index contributed by atoms with van der Waals surface area (Å²) in [6, 6.07) is 15.2. The number of methoxy groups -OCH3 is 1. The quantitative estimate of drug-likeness (QED) is 0.738. The second-order valence-corrected chi connectivity index (χ2v) is 5.09. The van der Waals surface area contributed by atoms with E-state index in [-0.39, 0.29) is 12.3 Å². The number of para-hydroxylation sites is 1. The number of ether oxygens (including phenoxy) is 1. The van der Waals surface area contributed by atoms with Gasteiger partial charge in [-0.3, -0.25) is 4.79 Å². The lowest BCUT2D eigenvalue weighted by molar-refractivity contribution is -0.117. The summed E-state index contributed by atoms with van der Waals surface area (Å²) < 4.78 is 10.7. The Labute approximate surface area is 128 Å². The van der Waals surface area contributed by atoms with E-state index in [2.05, 4.69) is 0 Å². The fourth-order valence-electron chi connectivity index (χ4n) is 2.40. The number of hydrogen-bond acceptors (Lipinski definition) is 3. The van der Waals surface area contributed by atoms with Crippen molar-refractivity contribution in [2.24, 2.45) is 0 Å². The summed E-state index contributed by atoms with van der Waals surface area (Å²) in [7, 11) is 3.40. The molecule has 0 aliphatic rings. The molecule has 3 rings (SSSR count). The van der Waals surface area contributed by atoms with Gasteiger partial charge in [-0.05, 0) is 30.3 Å². The molecule has 1 amide bonds. The molecule has 0 saturated heterocycles. The molecule has 112 valence electrons. The lowest BCUT2D eigenvalue weighted by atomic mass is 10.1. The maximum atomic E-state index is 12.5. The minimum Gasteiger partial charge on any atom is -0.497 e. The van der Waals surface area contributed by atoms with E-state index >= 15 is 0 Å². The number of fused-ring (bicyclic) bond motifs is 1. The SMILES string of the molecule is COc1ccc2occ(CC(=O)N(C)c3ccccc3)c2c1. The highest BCUT2D eigenvalue weighted by Crippen LogP contribution is 2.26. The molecule has 0 unspecified atom stereocenters. The van der Waals surface area contributed by atoms with Crippen LogP contribution in [0.3, 0.4) is 0 Å². The molecule has 0 aliphatic heterocycles. The van der Waals surface area contributed by atoms with Crippen LogP contribution in [0, 0.1) is 0 Å². The Balaban J connectivity index is 1.85. The van der Waals surface area contributed by atoms with Crippen LogP contribution in [-0.4, -0.2) is 20.1 Å². The van der Waals surface area contributed by atoms with Gasteiger partial charge in [0.15, 0.2) is 0 Å². The van der Waals surface area contributed by atoms with Crippen LogP contribution in [0.4, 0.5) is 5.69 Å². The lowest BCUT2D eigenvalue weighted by Crippen LogP contribution is -2.27. The fourth-order valence-corrected chi connectivity index (χ4v) is 2.40. The van der Waals surface area contributed by atoms with E-state index in [1.165, 1.54) is 0 Å². The van der Waals surface area contributed by atoms with E-state index < -0.39 is 0 Å². The van der Waals surface area contributed by atoms with Gasteiger partial charge in [-0.2, -0.15) is 0 Å². The number of nitrogens with zero attached hydrogens (tertiary/aromatic N) is 1. The second-order valence-electron chi connectivity index (χ2n) is 5.09. The summed E-state index contributed by atoms with van der Waals surface area (Å²) in [4.78, 5) is 14.1. The summed E-state index contributed by atoms with van der Waals surface area (Å²) in [6.07, 6.45) is 1.92. The zero-order chi connectivity index (χ0) is 15.5. The van der Waals surface area contributed by atoms with Gasteiger partial charge in [0.25, 0.3) is 0 Å². The van der Waals surface area contributed by atoms with Crippen LogP contribution in [0.15, 0.2) is 59.2 Å². The minimum absolute atomic E-state index is 0.0109. The zero-order valence-electron chi connectivity index (χ0n) is 12.6. The highest BCUT2D eigenvalue weighted by Gasteiger charge is 2.15. The predicted molar refractivity (Wildman–Crippen MR) is 86.3 cm³/mol. The van der Waals surface area contributed by atoms with Crippen LogP contribution in [-0.2, 0) is 11.2 Å². The maximum Gasteiger partial charge on any atom is 0.231 e. The van der Waals surface area contributed by atoms with Crippen LogP contribution < -0.4 is 9.64 Å². The van der Waals surface area contributed by atoms with Crippen LogP contribution in [0.2, 0.25) is 0 Å². The van der Waals surface area contributed by atoms with Gasteiger partial charge >= 0.3 is 0 Å². The van der Waals surface area contributed by atoms with Crippen LogP contribution >= 0.6 is 0 Å². The average Bonchev–Trinajstić information content (AvgIpc) is 2.97. The standard InChI is InChI=1S/C18H17NO3/c1-19(14-6-4-3-5-7-14)18(20)10-13-12-22-17-9-8-15(21-2)11-16(13)17/h3-9,11-12H,10H2,1-2H3. The van der Waals surface area contributed by atoms with Gasteiger partial charge in [-0.15, -0.1) is 0 Å². The van der Waals surface area contributed by atoms with Crippen molar-refractivity contribution in [3.8, 4) is 5.75 Å². The molecule has 0 spiro atoms. The van der Waals surface area contributed by atoms with Gasteiger partial charge < -0.3 is 14.1 Å². The van der Waals surface area contributed by atoms with Gasteiger partial charge in [0.2, 0.25) is 5.91 Å². The Morgan fingerprint density at radius 1 is 1.18 bits per heavy atom. The number of carbonyl (C=O) groups excluding carboxylic acids is 1. The van der Waals surface area contributed by atoms with Crippen molar-refractivity contribution in [3.05, 3.63) is 60.4 Å². The van der Waals surface area contributed by atoms with Crippen molar-refractivity contribution in [2.45, 2.75) is 6.42 Å². The summed E-state index contributed by atoms with van der Waals surface area (Å²) in [6.45, 7) is 0. The van der Waals surface area contributed by atoms with Crippen LogP contribution in [0.1, 0.15) is 5.56 Å². The molecule has 4 nitrogen and oxygen atoms in total. The molecule has 1 heterocycles. The zero-order valence-corrected chi connectivity index (χ0v) is 12.6. The number of hydrogen-bond donors (Lipinski definition) is 0. The molecule has 0 atom stereocenters. The monoisotopic (exact) mass is 295 g/mol. The van der Waals surface area contributed by atoms with E-state index in [0.717, 1.165) is 28.0 Å². The number of carbonyl (C=O) groups is 1. The summed E-state index contributed by atoms with van der Waals surface area (Å²) in [5.41, 5.74) is 2.49. The first-order valence-corrected chi connectivity index (χ1v) is 7.05. The lowest BCUT2D eigenvalue weighted by Gasteiger charge is -2.16. The Bertz CT molecular complexity index is 792. The number of rotatable bonds is 4. The van der Waals surface area contributed by atoms with E-state index in [4.69, 9.17) is 9.15 Å². The number of anilines is 1. The van der Waals surface area contributed by atoms with Crippen molar-refractivity contribution >= 4 is 22.6 Å². The predicted octanol–water partition coefficient (Wildman–Crippen LogP) is 3.65. The fraction of sp³-hybridized carbons (Fsp3) is 0.167. The van der Waals surface area contributed by atoms with Crippen LogP contribution in [0.5, 0.6) is 5.75 Å². The number of furan rings is 1. The topological polar surface area (TPSA) is 42.7 Å². The van der Waals surface area contributed by atoms with Gasteiger partial charge in [0.05, 0.1) is 19.8 Å². The number of likely N-dealkylation sites (N-methyl/N-ethyl adjacent to an activating group) is 1. The Morgan fingerprint density at radius 3 is 2.68 bits per heavy atom. The first-order valence-electron chi connectivity index (χ1n) is 7.05. The highest BCUT2D eigenvalue weighted by atomic mass is 16.5. The smallest absolute Gasteiger partial charge is 0.231 e. The minimum atomic E-state index is 0.0109. The molecule has 0 bridgehead atoms. The summed E-state index contributed by atoms with van der Waals surface area (Å²) >= 11 is 0. The van der Waals surface area contributed by atoms with Gasteiger partial charge in [-0.1, -0.05) is 18.2 Å². The highest BCUT2D eigenvalue weighted by molar-refractivity contribution is 5.97. The maximum absolute atomic E-state index is 12.5. The first kappa shape index (κ1) is 14.2. The van der Waals surface area contributed by atoms with Crippen molar-refractivity contribution < 1.29 is 13.9 Å². The Morgan fingerprint density at radius 2 is 1.95 bits per heavy atom. The third-order valence-electron chi connectivity index (χ3n) is 3.72. The molecule has 0 radical (unpaired) electrons. The Kier molecular flexibility index (Phi) is 3.83. The van der Waals surface area contributed by atoms with Crippen molar-refractivity contribution in [1.82, 2.24) is 0 Å². The number of benzene rings is 2. The first-order chi connectivity index (χ1) is 10.7. The van der Waals surface area contributed by atoms with E-state index in [1.54, 1.807) is 25.3 Å². The molecular formula is C18H17NO3. The third-order valence-corrected chi connectivity index (χ3v) is 3.72. The van der Waals surface area contributed by atoms with E-state index in [9.17, 15) is 4.79 Å². The molecule has 3 aromatic rings. The molecule has 0 aliphatic carbocycles. The molecule has 0 saturated carbocycles. The largest absolute Gasteiger partial charge is 0.497 e. The van der Waals surface area contributed by atoms with Crippen molar-refractivity contribution in [1.29, 1.82) is 0 Å². The van der Waals surface area contributed by atoms with E-state index in [0.29, 0.717) is 0 Å². The molecule has 4 heteroatoms. The molecular weight excluding hydrogens is 278 g/mol. The number of amides is 1. The van der Waals surface area contributed by atoms with Gasteiger partial charge in [0.1, 0.15) is 11.3 Å². The van der Waals surface area contributed by atoms with Crippen LogP contribution in [0.25, 0.3) is 11.0 Å². The molecule has 2 aromatic carbocycles. The molecule has 0 fully saturated rings. The normalized spacial score (nSPS) is 10.6. The third kappa shape index (κ3) is 2.68. The van der Waals surface area contributed by atoms with Crippen molar-refractivity contribution in [2.75, 3.05) is 19.1 Å². The molecule has 22 heavy (non-hydrogen) atoms. The van der Waals surface area contributed by atoms with E-state index in [1.807, 2.05) is 48.5 Å². The molecule has 1 aromatic heterocycles. The average molecular weight is 295 g/mol. The molecule has 0 N–H and O–H groups in total. The van der Waals surface area contributed by atoms with Gasteiger partial charge in [-0.25, -0.2) is 0 Å². The summed E-state index contributed by atoms with van der Waals surface area (Å²) in [5, 5.41) is 0.911. The van der Waals surface area contributed by atoms with Gasteiger partial charge in [0, 0.05) is 23.7 Å².